The Bertz CT molecular complexity index is 696. The summed E-state index contributed by atoms with van der Waals surface area (Å²) in [7, 11) is 0. The third-order valence-corrected chi connectivity index (χ3v) is 3.48. The Balaban J connectivity index is 1.99. The lowest BCUT2D eigenvalue weighted by atomic mass is 10.1. The third kappa shape index (κ3) is 4.55. The van der Waals surface area contributed by atoms with Gasteiger partial charge in [-0.1, -0.05) is 12.1 Å². The lowest BCUT2D eigenvalue weighted by Crippen LogP contribution is -2.31. The fraction of sp³-hybridized carbons (Fsp3) is 0.235. The van der Waals surface area contributed by atoms with Gasteiger partial charge in [-0.05, 0) is 41.8 Å². The number of aliphatic hydroxyl groups is 1. The monoisotopic (exact) mass is 341 g/mol. The Morgan fingerprint density at radius 2 is 1.62 bits per heavy atom. The molecule has 0 spiro atoms. The molecule has 3 nitrogen and oxygen atoms in total. The number of rotatable bonds is 6. The summed E-state index contributed by atoms with van der Waals surface area (Å²) < 4.78 is 52.2. The molecular weight excluding hydrogens is 326 g/mol. The number of halogens is 4. The van der Waals surface area contributed by atoms with Gasteiger partial charge in [0.15, 0.2) is 17.5 Å². The molecule has 0 aromatic heterocycles. The smallest absolute Gasteiger partial charge is 0.220 e. The standard InChI is InChI=1S/C17H15F4NO2/c18-12-4-1-10(2-5-12)3-6-16(24)22-15(9-23)11-7-13(19)17(21)14(20)8-11/h1-2,4-5,7-8,15,23H,3,6,9H2,(H,22,24). The van der Waals surface area contributed by atoms with Crippen LogP contribution in [0.2, 0.25) is 0 Å². The number of carbonyl (C=O) groups excluding carboxylic acids is 1. The number of aliphatic hydroxyl groups excluding tert-OH is 1. The van der Waals surface area contributed by atoms with Crippen LogP contribution in [0.4, 0.5) is 17.6 Å². The van der Waals surface area contributed by atoms with Crippen molar-refractivity contribution in [3.8, 4) is 0 Å². The number of benzene rings is 2. The second-order valence-electron chi connectivity index (χ2n) is 5.23. The van der Waals surface area contributed by atoms with Crippen LogP contribution < -0.4 is 5.32 Å². The fourth-order valence-electron chi connectivity index (χ4n) is 2.19. The van der Waals surface area contributed by atoms with Crippen LogP contribution in [0.15, 0.2) is 36.4 Å². The molecule has 1 unspecified atom stereocenters. The molecule has 0 fully saturated rings. The van der Waals surface area contributed by atoms with Gasteiger partial charge in [0.1, 0.15) is 5.82 Å². The topological polar surface area (TPSA) is 49.3 Å². The molecule has 7 heteroatoms. The average Bonchev–Trinajstić information content (AvgIpc) is 2.56. The van der Waals surface area contributed by atoms with Crippen LogP contribution in [0.5, 0.6) is 0 Å². The summed E-state index contributed by atoms with van der Waals surface area (Å²) in [5, 5.41) is 11.7. The molecule has 0 aliphatic heterocycles. The summed E-state index contributed by atoms with van der Waals surface area (Å²) in [5.41, 5.74) is 0.662. The SMILES string of the molecule is O=C(CCc1ccc(F)cc1)NC(CO)c1cc(F)c(F)c(F)c1. The second kappa shape index (κ2) is 7.92. The zero-order chi connectivity index (χ0) is 17.7. The molecule has 0 saturated carbocycles. The maximum absolute atomic E-state index is 13.2. The predicted molar refractivity (Wildman–Crippen MR) is 79.0 cm³/mol. The molecule has 24 heavy (non-hydrogen) atoms. The summed E-state index contributed by atoms with van der Waals surface area (Å²) in [5.74, 6) is -5.27. The van der Waals surface area contributed by atoms with Gasteiger partial charge in [-0.3, -0.25) is 4.79 Å². The number of nitrogens with one attached hydrogen (secondary N) is 1. The molecule has 0 heterocycles. The van der Waals surface area contributed by atoms with Crippen LogP contribution in [0.1, 0.15) is 23.6 Å². The van der Waals surface area contributed by atoms with Gasteiger partial charge in [0.25, 0.3) is 0 Å². The van der Waals surface area contributed by atoms with Crippen LogP contribution >= 0.6 is 0 Å². The summed E-state index contributed by atoms with van der Waals surface area (Å²) in [6.45, 7) is -0.604. The van der Waals surface area contributed by atoms with E-state index in [9.17, 15) is 27.5 Å². The van der Waals surface area contributed by atoms with Crippen LogP contribution in [0, 0.1) is 23.3 Å². The minimum absolute atomic E-state index is 0.0360. The highest BCUT2D eigenvalue weighted by Gasteiger charge is 2.18. The zero-order valence-electron chi connectivity index (χ0n) is 12.5. The van der Waals surface area contributed by atoms with Crippen molar-refractivity contribution in [2.75, 3.05) is 6.61 Å². The predicted octanol–water partition coefficient (Wildman–Crippen LogP) is 3.03. The average molecular weight is 341 g/mol. The van der Waals surface area contributed by atoms with Crippen molar-refractivity contribution in [3.05, 3.63) is 70.8 Å². The molecule has 1 amide bonds. The summed E-state index contributed by atoms with van der Waals surface area (Å²) in [6, 6.07) is 6.00. The second-order valence-corrected chi connectivity index (χ2v) is 5.23. The molecule has 128 valence electrons. The molecule has 2 aromatic carbocycles. The first-order valence-electron chi connectivity index (χ1n) is 7.20. The molecular formula is C17H15F4NO2. The summed E-state index contributed by atoms with van der Waals surface area (Å²) in [6.07, 6.45) is 0.366. The van der Waals surface area contributed by atoms with Crippen molar-refractivity contribution in [3.63, 3.8) is 0 Å². The lowest BCUT2D eigenvalue weighted by molar-refractivity contribution is -0.122. The highest BCUT2D eigenvalue weighted by Crippen LogP contribution is 2.19. The van der Waals surface area contributed by atoms with Crippen molar-refractivity contribution in [2.24, 2.45) is 0 Å². The van der Waals surface area contributed by atoms with Gasteiger partial charge in [-0.25, -0.2) is 17.6 Å². The molecule has 1 atom stereocenters. The van der Waals surface area contributed by atoms with Crippen molar-refractivity contribution in [2.45, 2.75) is 18.9 Å². The van der Waals surface area contributed by atoms with Crippen LogP contribution in [-0.4, -0.2) is 17.6 Å². The van der Waals surface area contributed by atoms with E-state index in [2.05, 4.69) is 5.32 Å². The zero-order valence-corrected chi connectivity index (χ0v) is 12.5. The van der Waals surface area contributed by atoms with Gasteiger partial charge in [-0.2, -0.15) is 0 Å². The molecule has 0 radical (unpaired) electrons. The molecule has 0 bridgehead atoms. The van der Waals surface area contributed by atoms with E-state index < -0.39 is 36.0 Å². The largest absolute Gasteiger partial charge is 0.394 e. The van der Waals surface area contributed by atoms with E-state index in [4.69, 9.17) is 0 Å². The fourth-order valence-corrected chi connectivity index (χ4v) is 2.19. The van der Waals surface area contributed by atoms with Gasteiger partial charge < -0.3 is 10.4 Å². The Labute approximate surface area is 135 Å². The highest BCUT2D eigenvalue weighted by molar-refractivity contribution is 5.76. The number of hydrogen-bond donors (Lipinski definition) is 2. The number of carbonyl (C=O) groups is 1. The minimum Gasteiger partial charge on any atom is -0.394 e. The minimum atomic E-state index is -1.61. The van der Waals surface area contributed by atoms with E-state index in [1.807, 2.05) is 0 Å². The van der Waals surface area contributed by atoms with Gasteiger partial charge >= 0.3 is 0 Å². The van der Waals surface area contributed by atoms with Crippen LogP contribution in [0.3, 0.4) is 0 Å². The Morgan fingerprint density at radius 3 is 2.17 bits per heavy atom. The van der Waals surface area contributed by atoms with Crippen molar-refractivity contribution in [1.29, 1.82) is 0 Å². The van der Waals surface area contributed by atoms with E-state index >= 15 is 0 Å². The summed E-state index contributed by atoms with van der Waals surface area (Å²) in [4.78, 5) is 11.9. The molecule has 0 aliphatic carbocycles. The normalized spacial score (nSPS) is 12.0. The van der Waals surface area contributed by atoms with E-state index in [0.717, 1.165) is 17.7 Å². The number of hydrogen-bond acceptors (Lipinski definition) is 2. The first-order chi connectivity index (χ1) is 11.4. The molecule has 2 rings (SSSR count). The van der Waals surface area contributed by atoms with Gasteiger partial charge in [-0.15, -0.1) is 0 Å². The third-order valence-electron chi connectivity index (χ3n) is 3.48. The molecule has 2 N–H and O–H groups in total. The van der Waals surface area contributed by atoms with Gasteiger partial charge in [0, 0.05) is 6.42 Å². The lowest BCUT2D eigenvalue weighted by Gasteiger charge is -2.17. The first kappa shape index (κ1) is 17.9. The van der Waals surface area contributed by atoms with Gasteiger partial charge in [0.2, 0.25) is 5.91 Å². The maximum atomic E-state index is 13.2. The van der Waals surface area contributed by atoms with Crippen LogP contribution in [-0.2, 0) is 11.2 Å². The molecule has 0 saturated heterocycles. The number of aryl methyl sites for hydroxylation is 1. The molecule has 2 aromatic rings. The van der Waals surface area contributed by atoms with E-state index in [-0.39, 0.29) is 17.8 Å². The quantitative estimate of drug-likeness (QED) is 0.627. The van der Waals surface area contributed by atoms with Crippen molar-refractivity contribution in [1.82, 2.24) is 5.32 Å². The number of amides is 1. The Hall–Kier alpha value is -2.41. The van der Waals surface area contributed by atoms with E-state index in [1.54, 1.807) is 0 Å². The van der Waals surface area contributed by atoms with E-state index in [1.165, 1.54) is 24.3 Å². The van der Waals surface area contributed by atoms with Gasteiger partial charge in [0.05, 0.1) is 12.6 Å². The van der Waals surface area contributed by atoms with Crippen molar-refractivity contribution >= 4 is 5.91 Å². The van der Waals surface area contributed by atoms with Crippen LogP contribution in [0.25, 0.3) is 0 Å². The first-order valence-corrected chi connectivity index (χ1v) is 7.20. The van der Waals surface area contributed by atoms with E-state index in [0.29, 0.717) is 6.42 Å². The Morgan fingerprint density at radius 1 is 1.04 bits per heavy atom. The maximum Gasteiger partial charge on any atom is 0.220 e. The highest BCUT2D eigenvalue weighted by atomic mass is 19.2. The Kier molecular flexibility index (Phi) is 5.92. The molecule has 0 aliphatic rings. The van der Waals surface area contributed by atoms with Crippen molar-refractivity contribution < 1.29 is 27.5 Å². The summed E-state index contributed by atoms with van der Waals surface area (Å²) >= 11 is 0.